The van der Waals surface area contributed by atoms with Crippen molar-refractivity contribution in [3.63, 3.8) is 0 Å². The van der Waals surface area contributed by atoms with E-state index in [9.17, 15) is 5.11 Å². The van der Waals surface area contributed by atoms with Crippen LogP contribution < -0.4 is 0 Å². The molecule has 0 aliphatic carbocycles. The predicted molar refractivity (Wildman–Crippen MR) is 58.3 cm³/mol. The lowest BCUT2D eigenvalue weighted by Gasteiger charge is -2.32. The monoisotopic (exact) mass is 200 g/mol. The summed E-state index contributed by atoms with van der Waals surface area (Å²) in [5.74, 6) is 0.681. The van der Waals surface area contributed by atoms with E-state index in [2.05, 4.69) is 13.8 Å². The Morgan fingerprint density at radius 3 is 2.43 bits per heavy atom. The fourth-order valence-corrected chi connectivity index (χ4v) is 2.38. The molecule has 1 rings (SSSR count). The Bertz CT molecular complexity index is 152. The van der Waals surface area contributed by atoms with Crippen LogP contribution in [0, 0.1) is 5.92 Å². The van der Waals surface area contributed by atoms with Crippen LogP contribution in [0.1, 0.15) is 52.4 Å². The van der Waals surface area contributed by atoms with E-state index >= 15 is 0 Å². The summed E-state index contributed by atoms with van der Waals surface area (Å²) in [5, 5.41) is 10.3. The number of rotatable bonds is 5. The Hall–Kier alpha value is -0.0800. The molecule has 0 aromatic carbocycles. The average molecular weight is 200 g/mol. The fraction of sp³-hybridized carbons (Fsp3) is 1.00. The highest BCUT2D eigenvalue weighted by Gasteiger charge is 2.28. The van der Waals surface area contributed by atoms with Gasteiger partial charge in [-0.15, -0.1) is 0 Å². The van der Waals surface area contributed by atoms with Gasteiger partial charge >= 0.3 is 0 Å². The summed E-state index contributed by atoms with van der Waals surface area (Å²) in [5.41, 5.74) is -0.406. The third kappa shape index (κ3) is 3.58. The topological polar surface area (TPSA) is 29.5 Å². The molecule has 1 N–H and O–H groups in total. The van der Waals surface area contributed by atoms with Crippen molar-refractivity contribution in [3.8, 4) is 0 Å². The Kier molecular flexibility index (Phi) is 4.90. The van der Waals surface area contributed by atoms with Gasteiger partial charge < -0.3 is 9.84 Å². The number of aliphatic hydroxyl groups is 1. The van der Waals surface area contributed by atoms with Crippen LogP contribution in [-0.2, 0) is 4.74 Å². The Balaban J connectivity index is 2.37. The lowest BCUT2D eigenvalue weighted by Crippen LogP contribution is -2.32. The van der Waals surface area contributed by atoms with Crippen molar-refractivity contribution in [1.82, 2.24) is 0 Å². The first-order valence-electron chi connectivity index (χ1n) is 6.00. The van der Waals surface area contributed by atoms with Crippen LogP contribution >= 0.6 is 0 Å². The Morgan fingerprint density at radius 2 is 1.93 bits per heavy atom. The first-order valence-corrected chi connectivity index (χ1v) is 6.00. The van der Waals surface area contributed by atoms with E-state index in [1.165, 1.54) is 0 Å². The number of ether oxygens (including phenoxy) is 1. The Morgan fingerprint density at radius 1 is 1.29 bits per heavy atom. The van der Waals surface area contributed by atoms with Gasteiger partial charge in [-0.2, -0.15) is 0 Å². The molecular weight excluding hydrogens is 176 g/mol. The maximum Gasteiger partial charge on any atom is 0.0647 e. The molecule has 0 bridgehead atoms. The van der Waals surface area contributed by atoms with E-state index in [1.54, 1.807) is 0 Å². The van der Waals surface area contributed by atoms with Crippen molar-refractivity contribution in [2.75, 3.05) is 13.2 Å². The zero-order chi connectivity index (χ0) is 10.4. The van der Waals surface area contributed by atoms with Gasteiger partial charge in [0.15, 0.2) is 0 Å². The van der Waals surface area contributed by atoms with Crippen molar-refractivity contribution in [2.24, 2.45) is 5.92 Å². The molecule has 1 heterocycles. The first kappa shape index (κ1) is 12.0. The Labute approximate surface area is 87.7 Å². The molecule has 0 amide bonds. The molecule has 0 radical (unpaired) electrons. The third-order valence-electron chi connectivity index (χ3n) is 3.38. The summed E-state index contributed by atoms with van der Waals surface area (Å²) >= 11 is 0. The van der Waals surface area contributed by atoms with Crippen LogP contribution in [0.4, 0.5) is 0 Å². The maximum absolute atomic E-state index is 10.3. The molecule has 2 heteroatoms. The summed E-state index contributed by atoms with van der Waals surface area (Å²) in [6, 6.07) is 0. The largest absolute Gasteiger partial charge is 0.390 e. The summed E-state index contributed by atoms with van der Waals surface area (Å²) in [4.78, 5) is 0. The second kappa shape index (κ2) is 5.72. The molecule has 2 nitrogen and oxygen atoms in total. The van der Waals surface area contributed by atoms with E-state index in [0.29, 0.717) is 5.92 Å². The minimum absolute atomic E-state index is 0.406. The second-order valence-corrected chi connectivity index (χ2v) is 4.59. The molecule has 1 aliphatic heterocycles. The number of hydrogen-bond donors (Lipinski definition) is 1. The van der Waals surface area contributed by atoms with Crippen molar-refractivity contribution in [2.45, 2.75) is 58.0 Å². The van der Waals surface area contributed by atoms with Crippen molar-refractivity contribution >= 4 is 0 Å². The van der Waals surface area contributed by atoms with Crippen LogP contribution in [0.15, 0.2) is 0 Å². The molecule has 1 atom stereocenters. The van der Waals surface area contributed by atoms with Gasteiger partial charge in [0, 0.05) is 13.2 Å². The van der Waals surface area contributed by atoms with E-state index in [1.807, 2.05) is 0 Å². The van der Waals surface area contributed by atoms with Gasteiger partial charge in [0.1, 0.15) is 0 Å². The molecule has 14 heavy (non-hydrogen) atoms. The maximum atomic E-state index is 10.3. The molecule has 1 unspecified atom stereocenters. The molecule has 0 spiro atoms. The normalized spacial score (nSPS) is 23.4. The van der Waals surface area contributed by atoms with Gasteiger partial charge in [0.2, 0.25) is 0 Å². The standard InChI is InChI=1S/C12H24O2/c1-3-7-12(13,4-2)10-11-5-8-14-9-6-11/h11,13H,3-10H2,1-2H3. The highest BCUT2D eigenvalue weighted by atomic mass is 16.5. The van der Waals surface area contributed by atoms with Crippen molar-refractivity contribution < 1.29 is 9.84 Å². The van der Waals surface area contributed by atoms with Crippen LogP contribution in [-0.4, -0.2) is 23.9 Å². The first-order chi connectivity index (χ1) is 6.70. The minimum Gasteiger partial charge on any atom is -0.390 e. The summed E-state index contributed by atoms with van der Waals surface area (Å²) in [7, 11) is 0. The van der Waals surface area contributed by atoms with Gasteiger partial charge in [-0.25, -0.2) is 0 Å². The third-order valence-corrected chi connectivity index (χ3v) is 3.38. The van der Waals surface area contributed by atoms with Crippen LogP contribution in [0.25, 0.3) is 0 Å². The highest BCUT2D eigenvalue weighted by Crippen LogP contribution is 2.30. The molecule has 0 aromatic rings. The lowest BCUT2D eigenvalue weighted by molar-refractivity contribution is -0.0205. The van der Waals surface area contributed by atoms with Gasteiger partial charge in [-0.05, 0) is 38.0 Å². The van der Waals surface area contributed by atoms with Crippen molar-refractivity contribution in [3.05, 3.63) is 0 Å². The minimum atomic E-state index is -0.406. The summed E-state index contributed by atoms with van der Waals surface area (Å²) in [6.45, 7) is 6.01. The molecule has 0 saturated carbocycles. The highest BCUT2D eigenvalue weighted by molar-refractivity contribution is 4.80. The van der Waals surface area contributed by atoms with E-state index in [-0.39, 0.29) is 0 Å². The van der Waals surface area contributed by atoms with Crippen LogP contribution in [0.2, 0.25) is 0 Å². The molecule has 1 aliphatic rings. The van der Waals surface area contributed by atoms with Gasteiger partial charge in [-0.1, -0.05) is 20.3 Å². The number of hydrogen-bond acceptors (Lipinski definition) is 2. The summed E-state index contributed by atoms with van der Waals surface area (Å²) < 4.78 is 5.33. The van der Waals surface area contributed by atoms with Crippen LogP contribution in [0.5, 0.6) is 0 Å². The predicted octanol–water partition coefficient (Wildman–Crippen LogP) is 2.74. The SMILES string of the molecule is CCCC(O)(CC)CC1CCOCC1. The second-order valence-electron chi connectivity index (χ2n) is 4.59. The molecular formula is C12H24O2. The quantitative estimate of drug-likeness (QED) is 0.739. The van der Waals surface area contributed by atoms with Gasteiger partial charge in [0.05, 0.1) is 5.60 Å². The van der Waals surface area contributed by atoms with Gasteiger partial charge in [0.25, 0.3) is 0 Å². The smallest absolute Gasteiger partial charge is 0.0647 e. The lowest BCUT2D eigenvalue weighted by atomic mass is 9.82. The van der Waals surface area contributed by atoms with E-state index in [0.717, 1.165) is 51.7 Å². The fourth-order valence-electron chi connectivity index (χ4n) is 2.38. The zero-order valence-electron chi connectivity index (χ0n) is 9.59. The summed E-state index contributed by atoms with van der Waals surface area (Å²) in [6.07, 6.45) is 6.14. The zero-order valence-corrected chi connectivity index (χ0v) is 9.59. The molecule has 84 valence electrons. The average Bonchev–Trinajstić information content (AvgIpc) is 2.20. The van der Waals surface area contributed by atoms with E-state index in [4.69, 9.17) is 4.74 Å². The van der Waals surface area contributed by atoms with Crippen LogP contribution in [0.3, 0.4) is 0 Å². The molecule has 1 saturated heterocycles. The van der Waals surface area contributed by atoms with Gasteiger partial charge in [-0.3, -0.25) is 0 Å². The van der Waals surface area contributed by atoms with E-state index < -0.39 is 5.60 Å². The molecule has 1 fully saturated rings. The van der Waals surface area contributed by atoms with Crippen molar-refractivity contribution in [1.29, 1.82) is 0 Å². The molecule has 0 aromatic heterocycles.